The minimum atomic E-state index is -0.961. The number of hydrogen-bond donors (Lipinski definition) is 0. The van der Waals surface area contributed by atoms with E-state index in [-0.39, 0.29) is 0 Å². The van der Waals surface area contributed by atoms with E-state index in [9.17, 15) is 0 Å². The van der Waals surface area contributed by atoms with E-state index >= 15 is 0 Å². The summed E-state index contributed by atoms with van der Waals surface area (Å²) in [6.07, 6.45) is 4.17. The monoisotopic (exact) mass is 222 g/mol. The van der Waals surface area contributed by atoms with Crippen molar-refractivity contribution in [3.63, 3.8) is 0 Å². The van der Waals surface area contributed by atoms with Crippen LogP contribution in [0.25, 0.3) is 0 Å². The van der Waals surface area contributed by atoms with E-state index in [1.807, 2.05) is 24.3 Å². The van der Waals surface area contributed by atoms with Gasteiger partial charge in [0.2, 0.25) is 0 Å². The summed E-state index contributed by atoms with van der Waals surface area (Å²) in [5, 5.41) is 0.779. The summed E-state index contributed by atoms with van der Waals surface area (Å²) < 4.78 is 0. The Kier molecular flexibility index (Phi) is 3.33. The Bertz CT molecular complexity index is 248. The van der Waals surface area contributed by atoms with Crippen LogP contribution in [0.2, 0.25) is 5.02 Å². The lowest BCUT2D eigenvalue weighted by molar-refractivity contribution is 1.41. The summed E-state index contributed by atoms with van der Waals surface area (Å²) in [5.41, 5.74) is 1.26. The first kappa shape index (κ1) is 10.2. The van der Waals surface area contributed by atoms with Gasteiger partial charge in [0, 0.05) is 10.8 Å². The highest BCUT2D eigenvalue weighted by Crippen LogP contribution is 2.48. The molecule has 0 aliphatic carbocycles. The van der Waals surface area contributed by atoms with Gasteiger partial charge in [-0.25, -0.2) is 0 Å². The molecule has 1 aromatic carbocycles. The normalized spacial score (nSPS) is 13.0. The third-order valence-electron chi connectivity index (χ3n) is 1.42. The Morgan fingerprint density at radius 3 is 2.08 bits per heavy atom. The third-order valence-corrected chi connectivity index (χ3v) is 3.02. The van der Waals surface area contributed by atoms with Gasteiger partial charge in [-0.05, 0) is 30.2 Å². The minimum absolute atomic E-state index is 0.779. The van der Waals surface area contributed by atoms with Crippen molar-refractivity contribution in [3.8, 4) is 0 Å². The Labute approximate surface area is 84.7 Å². The number of hydrogen-bond acceptors (Lipinski definition) is 0. The van der Waals surface area contributed by atoms with Crippen molar-refractivity contribution >= 4 is 31.5 Å². The van der Waals surface area contributed by atoms with Crippen LogP contribution in [0.4, 0.5) is 0 Å². The first-order chi connectivity index (χ1) is 5.47. The van der Waals surface area contributed by atoms with Crippen molar-refractivity contribution < 1.29 is 0 Å². The maximum absolute atomic E-state index is 6.16. The molecule has 0 saturated carbocycles. The van der Waals surface area contributed by atoms with Gasteiger partial charge in [0.15, 0.2) is 0 Å². The average molecular weight is 223 g/mol. The van der Waals surface area contributed by atoms with Gasteiger partial charge in [-0.1, -0.05) is 34.4 Å². The summed E-state index contributed by atoms with van der Waals surface area (Å²) >= 11 is 5.76. The van der Waals surface area contributed by atoms with E-state index < -0.39 is 9.24 Å². The van der Waals surface area contributed by atoms with E-state index in [0.29, 0.717) is 0 Å². The Morgan fingerprint density at radius 1 is 1.17 bits per heavy atom. The number of benzene rings is 1. The number of rotatable bonds is 2. The van der Waals surface area contributed by atoms with Crippen molar-refractivity contribution in [2.75, 3.05) is 12.5 Å². The first-order valence-electron chi connectivity index (χ1n) is 3.62. The zero-order valence-corrected chi connectivity index (χ0v) is 9.51. The molecule has 0 saturated heterocycles. The van der Waals surface area contributed by atoms with Crippen molar-refractivity contribution in [3.05, 3.63) is 34.9 Å². The Morgan fingerprint density at radius 2 is 1.67 bits per heavy atom. The largest absolute Gasteiger partial charge is 0.165 e. The quantitative estimate of drug-likeness (QED) is 0.709. The fraction of sp³-hybridized carbons (Fsp3) is 0.333. The number of halogens is 2. The zero-order valence-electron chi connectivity index (χ0n) is 7.18. The highest BCUT2D eigenvalue weighted by molar-refractivity contribution is 8.49. The lowest BCUT2D eigenvalue weighted by atomic mass is 10.2. The van der Waals surface area contributed by atoms with E-state index in [2.05, 4.69) is 12.5 Å². The molecule has 0 radical (unpaired) electrons. The van der Waals surface area contributed by atoms with Crippen LogP contribution in [0.3, 0.4) is 0 Å². The fourth-order valence-corrected chi connectivity index (χ4v) is 2.47. The van der Waals surface area contributed by atoms with Crippen LogP contribution < -0.4 is 0 Å². The highest BCUT2D eigenvalue weighted by atomic mass is 35.7. The molecule has 0 aliphatic heterocycles. The van der Waals surface area contributed by atoms with E-state index in [1.54, 1.807) is 0 Å². The molecule has 1 rings (SSSR count). The van der Waals surface area contributed by atoms with Crippen molar-refractivity contribution in [1.82, 2.24) is 0 Å². The van der Waals surface area contributed by atoms with Crippen LogP contribution in [0.15, 0.2) is 24.3 Å². The van der Waals surface area contributed by atoms with Gasteiger partial charge < -0.3 is 0 Å². The summed E-state index contributed by atoms with van der Waals surface area (Å²) in [6.45, 7) is 0. The predicted octanol–water partition coefficient (Wildman–Crippen LogP) is 4.06. The predicted molar refractivity (Wildman–Crippen MR) is 60.4 cm³/mol. The molecule has 68 valence electrons. The van der Waals surface area contributed by atoms with Gasteiger partial charge in [-0.3, -0.25) is 0 Å². The van der Waals surface area contributed by atoms with E-state index in [1.165, 1.54) is 5.56 Å². The van der Waals surface area contributed by atoms with Crippen LogP contribution in [0, 0.1) is 0 Å². The lowest BCUT2D eigenvalue weighted by Crippen LogP contribution is -1.90. The molecule has 0 aliphatic rings. The summed E-state index contributed by atoms with van der Waals surface area (Å²) in [7, 11) is 5.20. The standard InChI is InChI=1S/C9H12Cl2S/c1-12(2,11)7-8-3-5-9(10)6-4-8/h3-6H,7H2,1-2H3. The minimum Gasteiger partial charge on any atom is -0.165 e. The van der Waals surface area contributed by atoms with Crippen molar-refractivity contribution in [1.29, 1.82) is 0 Å². The van der Waals surface area contributed by atoms with Crippen LogP contribution in [-0.4, -0.2) is 12.5 Å². The molecule has 0 amide bonds. The Hall–Kier alpha value is 0.150. The Balaban J connectivity index is 2.71. The van der Waals surface area contributed by atoms with Crippen molar-refractivity contribution in [2.24, 2.45) is 0 Å². The zero-order chi connectivity index (χ0) is 9.19. The molecule has 0 nitrogen and oxygen atoms in total. The third kappa shape index (κ3) is 3.70. The fourth-order valence-electron chi connectivity index (χ4n) is 0.977. The molecule has 0 spiro atoms. The summed E-state index contributed by atoms with van der Waals surface area (Å²) in [6, 6.07) is 7.86. The molecule has 3 heteroatoms. The molecule has 0 unspecified atom stereocenters. The first-order valence-corrected chi connectivity index (χ1v) is 7.45. The maximum Gasteiger partial charge on any atom is 0.0406 e. The highest BCUT2D eigenvalue weighted by Gasteiger charge is 2.07. The molecule has 0 aromatic heterocycles. The molecule has 1 aromatic rings. The van der Waals surface area contributed by atoms with Crippen LogP contribution in [-0.2, 0) is 5.75 Å². The topological polar surface area (TPSA) is 0 Å². The van der Waals surface area contributed by atoms with Gasteiger partial charge in [0.25, 0.3) is 0 Å². The smallest absolute Gasteiger partial charge is 0.0406 e. The van der Waals surface area contributed by atoms with Crippen molar-refractivity contribution in [2.45, 2.75) is 5.75 Å². The molecule has 0 atom stereocenters. The van der Waals surface area contributed by atoms with Crippen LogP contribution >= 0.6 is 31.5 Å². The van der Waals surface area contributed by atoms with Gasteiger partial charge in [-0.15, -0.1) is 0 Å². The van der Waals surface area contributed by atoms with E-state index in [4.69, 9.17) is 22.3 Å². The van der Waals surface area contributed by atoms with Gasteiger partial charge >= 0.3 is 0 Å². The second-order valence-corrected chi connectivity index (χ2v) is 9.21. The SMILES string of the molecule is CS(C)(Cl)Cc1ccc(Cl)cc1. The molecular formula is C9H12Cl2S. The van der Waals surface area contributed by atoms with Gasteiger partial charge in [-0.2, -0.15) is 9.24 Å². The lowest BCUT2D eigenvalue weighted by Gasteiger charge is -2.21. The summed E-state index contributed by atoms with van der Waals surface area (Å²) in [5.74, 6) is 0.950. The van der Waals surface area contributed by atoms with Gasteiger partial charge in [0.1, 0.15) is 0 Å². The maximum atomic E-state index is 6.16. The molecule has 0 heterocycles. The summed E-state index contributed by atoms with van der Waals surface area (Å²) in [4.78, 5) is 0. The molecule has 0 fully saturated rings. The van der Waals surface area contributed by atoms with Crippen LogP contribution in [0.1, 0.15) is 5.56 Å². The second kappa shape index (κ2) is 3.91. The molecule has 0 N–H and O–H groups in total. The van der Waals surface area contributed by atoms with Crippen LogP contribution in [0.5, 0.6) is 0 Å². The second-order valence-electron chi connectivity index (χ2n) is 3.17. The average Bonchev–Trinajstić information content (AvgIpc) is 1.91. The molecule has 12 heavy (non-hydrogen) atoms. The van der Waals surface area contributed by atoms with Gasteiger partial charge in [0.05, 0.1) is 0 Å². The molecule has 0 bridgehead atoms. The molecular weight excluding hydrogens is 211 g/mol. The van der Waals surface area contributed by atoms with E-state index in [0.717, 1.165) is 10.8 Å².